The van der Waals surface area contributed by atoms with Crippen LogP contribution in [0.1, 0.15) is 33.1 Å². The van der Waals surface area contributed by atoms with Crippen molar-refractivity contribution >= 4 is 17.6 Å². The zero-order chi connectivity index (χ0) is 21.6. The number of halogens is 2. The van der Waals surface area contributed by atoms with E-state index in [-0.39, 0.29) is 11.3 Å². The summed E-state index contributed by atoms with van der Waals surface area (Å²) in [6, 6.07) is 7.91. The Morgan fingerprint density at radius 1 is 1.07 bits per heavy atom. The average molecular weight is 412 g/mol. The number of anilines is 1. The van der Waals surface area contributed by atoms with Crippen molar-refractivity contribution in [2.75, 3.05) is 19.5 Å². The molecule has 4 rings (SSSR count). The monoisotopic (exact) mass is 412 g/mol. The van der Waals surface area contributed by atoms with E-state index >= 15 is 0 Å². The average Bonchev–Trinajstić information content (AvgIpc) is 3.22. The molecule has 0 saturated heterocycles. The highest BCUT2D eigenvalue weighted by molar-refractivity contribution is 6.08. The Morgan fingerprint density at radius 3 is 2.47 bits per heavy atom. The summed E-state index contributed by atoms with van der Waals surface area (Å²) in [5, 5.41) is 2.72. The first kappa shape index (κ1) is 19.6. The van der Waals surface area contributed by atoms with Gasteiger partial charge in [0, 0.05) is 28.6 Å². The van der Waals surface area contributed by atoms with Crippen LogP contribution >= 0.6 is 0 Å². The van der Waals surface area contributed by atoms with E-state index in [9.17, 15) is 18.4 Å². The second-order valence-corrected chi connectivity index (χ2v) is 6.90. The maximum Gasteiger partial charge on any atom is 0.340 e. The third kappa shape index (κ3) is 3.01. The van der Waals surface area contributed by atoms with Crippen LogP contribution in [-0.2, 0) is 9.53 Å². The third-order valence-corrected chi connectivity index (χ3v) is 5.18. The third-order valence-electron chi connectivity index (χ3n) is 5.18. The van der Waals surface area contributed by atoms with E-state index in [1.54, 1.807) is 6.92 Å². The molecule has 0 saturated carbocycles. The lowest BCUT2D eigenvalue weighted by Crippen LogP contribution is -2.17. The number of rotatable bonds is 4. The van der Waals surface area contributed by atoms with E-state index in [0.29, 0.717) is 33.8 Å². The molecule has 1 amide bonds. The van der Waals surface area contributed by atoms with E-state index in [0.717, 1.165) is 0 Å². The molecule has 1 aliphatic rings. The Labute approximate surface area is 170 Å². The number of hydrogen-bond acceptors (Lipinski definition) is 4. The van der Waals surface area contributed by atoms with Gasteiger partial charge in [0.25, 0.3) is 0 Å². The maximum absolute atomic E-state index is 14.0. The molecule has 0 aliphatic carbocycles. The molecule has 2 aromatic carbocycles. The Kier molecular flexibility index (Phi) is 4.77. The number of carbonyl (C=O) groups is 2. The predicted molar refractivity (Wildman–Crippen MR) is 106 cm³/mol. The number of nitrogens with one attached hydrogen (secondary N) is 2. The van der Waals surface area contributed by atoms with Crippen LogP contribution < -0.4 is 10.1 Å². The highest BCUT2D eigenvalue weighted by Crippen LogP contribution is 2.45. The molecule has 6 nitrogen and oxygen atoms in total. The first-order valence-electron chi connectivity index (χ1n) is 9.10. The number of hydrogen-bond donors (Lipinski definition) is 2. The molecule has 1 aromatic heterocycles. The Morgan fingerprint density at radius 2 is 1.77 bits per heavy atom. The van der Waals surface area contributed by atoms with Crippen molar-refractivity contribution in [1.29, 1.82) is 0 Å². The van der Waals surface area contributed by atoms with Crippen LogP contribution in [0.3, 0.4) is 0 Å². The lowest BCUT2D eigenvalue weighted by molar-refractivity contribution is -0.116. The van der Waals surface area contributed by atoms with Crippen molar-refractivity contribution in [2.24, 2.45) is 0 Å². The molecule has 8 heteroatoms. The van der Waals surface area contributed by atoms with Gasteiger partial charge in [-0.25, -0.2) is 13.6 Å². The number of esters is 1. The summed E-state index contributed by atoms with van der Waals surface area (Å²) in [6.45, 7) is 1.66. The molecule has 30 heavy (non-hydrogen) atoms. The van der Waals surface area contributed by atoms with Crippen molar-refractivity contribution in [3.05, 3.63) is 70.4 Å². The SMILES string of the molecule is COC(=O)c1c(C)[nH]c(-c2ccc(F)cc2OC)c1[C@@H]1C(=O)Nc2ccc(F)cc21. The second-order valence-electron chi connectivity index (χ2n) is 6.90. The molecule has 3 aromatic rings. The van der Waals surface area contributed by atoms with E-state index in [2.05, 4.69) is 10.3 Å². The highest BCUT2D eigenvalue weighted by Gasteiger charge is 2.39. The molecular weight excluding hydrogens is 394 g/mol. The number of amides is 1. The summed E-state index contributed by atoms with van der Waals surface area (Å²) in [5.74, 6) is -2.83. The fourth-order valence-electron chi connectivity index (χ4n) is 3.90. The summed E-state index contributed by atoms with van der Waals surface area (Å²) in [4.78, 5) is 28.6. The number of fused-ring (bicyclic) bond motifs is 1. The van der Waals surface area contributed by atoms with Crippen molar-refractivity contribution in [3.63, 3.8) is 0 Å². The number of carbonyl (C=O) groups excluding carboxylic acids is 2. The molecule has 0 unspecified atom stereocenters. The smallest absolute Gasteiger partial charge is 0.340 e. The van der Waals surface area contributed by atoms with Crippen molar-refractivity contribution < 1.29 is 27.8 Å². The van der Waals surface area contributed by atoms with Crippen molar-refractivity contribution in [2.45, 2.75) is 12.8 Å². The number of benzene rings is 2. The Bertz CT molecular complexity index is 1190. The number of aryl methyl sites for hydroxylation is 1. The van der Waals surface area contributed by atoms with Gasteiger partial charge in [-0.15, -0.1) is 0 Å². The normalized spacial score (nSPS) is 15.0. The van der Waals surface area contributed by atoms with Gasteiger partial charge in [0.15, 0.2) is 0 Å². The minimum Gasteiger partial charge on any atom is -0.496 e. The van der Waals surface area contributed by atoms with Gasteiger partial charge in [-0.05, 0) is 42.8 Å². The predicted octanol–water partition coefficient (Wildman–Crippen LogP) is 4.15. The van der Waals surface area contributed by atoms with Crippen LogP contribution in [0.25, 0.3) is 11.3 Å². The number of H-pyrrole nitrogens is 1. The van der Waals surface area contributed by atoms with Gasteiger partial charge in [0.2, 0.25) is 5.91 Å². The topological polar surface area (TPSA) is 80.4 Å². The molecule has 0 spiro atoms. The fourth-order valence-corrected chi connectivity index (χ4v) is 3.90. The van der Waals surface area contributed by atoms with E-state index < -0.39 is 29.4 Å². The van der Waals surface area contributed by atoms with Gasteiger partial charge in [0.1, 0.15) is 17.4 Å². The largest absolute Gasteiger partial charge is 0.496 e. The van der Waals surface area contributed by atoms with Crippen molar-refractivity contribution in [3.8, 4) is 17.0 Å². The summed E-state index contributed by atoms with van der Waals surface area (Å²) < 4.78 is 38.0. The molecule has 0 fully saturated rings. The van der Waals surface area contributed by atoms with Gasteiger partial charge in [-0.3, -0.25) is 4.79 Å². The summed E-state index contributed by atoms with van der Waals surface area (Å²) in [7, 11) is 2.63. The second kappa shape index (κ2) is 7.29. The molecule has 154 valence electrons. The summed E-state index contributed by atoms with van der Waals surface area (Å²) in [6.07, 6.45) is 0. The van der Waals surface area contributed by atoms with Gasteiger partial charge in [0.05, 0.1) is 31.4 Å². The van der Waals surface area contributed by atoms with Gasteiger partial charge >= 0.3 is 5.97 Å². The number of aromatic amines is 1. The van der Waals surface area contributed by atoms with Crippen LogP contribution in [0.5, 0.6) is 5.75 Å². The first-order valence-corrected chi connectivity index (χ1v) is 9.10. The summed E-state index contributed by atoms with van der Waals surface area (Å²) in [5.41, 5.74) is 2.62. The lowest BCUT2D eigenvalue weighted by Gasteiger charge is -2.15. The lowest BCUT2D eigenvalue weighted by atomic mass is 9.87. The zero-order valence-corrected chi connectivity index (χ0v) is 16.4. The summed E-state index contributed by atoms with van der Waals surface area (Å²) >= 11 is 0. The van der Waals surface area contributed by atoms with Gasteiger partial charge < -0.3 is 19.8 Å². The van der Waals surface area contributed by atoms with Crippen LogP contribution in [0, 0.1) is 18.6 Å². The van der Waals surface area contributed by atoms with Crippen LogP contribution in [0.2, 0.25) is 0 Å². The van der Waals surface area contributed by atoms with E-state index in [4.69, 9.17) is 9.47 Å². The molecular formula is C22H18F2N2O4. The molecule has 2 heterocycles. The molecule has 0 bridgehead atoms. The van der Waals surface area contributed by atoms with Crippen LogP contribution in [-0.4, -0.2) is 31.1 Å². The number of methoxy groups -OCH3 is 2. The molecule has 1 aliphatic heterocycles. The highest BCUT2D eigenvalue weighted by atomic mass is 19.1. The van der Waals surface area contributed by atoms with Gasteiger partial charge in [-0.1, -0.05) is 0 Å². The molecule has 2 N–H and O–H groups in total. The first-order chi connectivity index (χ1) is 14.3. The standard InChI is InChI=1S/C22H18F2N2O4/c1-10-17(22(28)30-3)19(18-14-8-11(23)5-7-15(14)26-21(18)27)20(25-10)13-6-4-12(24)9-16(13)29-2/h4-9,18,25H,1-3H3,(H,26,27)/t18-/m1/s1. The number of aromatic nitrogens is 1. The van der Waals surface area contributed by atoms with Gasteiger partial charge in [-0.2, -0.15) is 0 Å². The van der Waals surface area contributed by atoms with Crippen LogP contribution in [0.4, 0.5) is 14.5 Å². The van der Waals surface area contributed by atoms with Crippen LogP contribution in [0.15, 0.2) is 36.4 Å². The van der Waals surface area contributed by atoms with E-state index in [1.807, 2.05) is 0 Å². The minimum atomic E-state index is -0.973. The zero-order valence-electron chi connectivity index (χ0n) is 16.4. The Balaban J connectivity index is 2.04. The van der Waals surface area contributed by atoms with E-state index in [1.165, 1.54) is 50.6 Å². The Hall–Kier alpha value is -3.68. The minimum absolute atomic E-state index is 0.163. The van der Waals surface area contributed by atoms with Crippen molar-refractivity contribution in [1.82, 2.24) is 4.98 Å². The molecule has 0 radical (unpaired) electrons. The number of ether oxygens (including phenoxy) is 2. The maximum atomic E-state index is 14.0. The fraction of sp³-hybridized carbons (Fsp3) is 0.182. The molecule has 1 atom stereocenters. The quantitative estimate of drug-likeness (QED) is 0.631.